The highest BCUT2D eigenvalue weighted by atomic mass is 16.5. The average Bonchev–Trinajstić information content (AvgIpc) is 3.31. The summed E-state index contributed by atoms with van der Waals surface area (Å²) in [7, 11) is 5.91. The van der Waals surface area contributed by atoms with Gasteiger partial charge in [0.1, 0.15) is 11.2 Å². The van der Waals surface area contributed by atoms with Crippen LogP contribution in [-0.4, -0.2) is 80.6 Å². The van der Waals surface area contributed by atoms with Gasteiger partial charge in [-0.3, -0.25) is 0 Å². The van der Waals surface area contributed by atoms with E-state index in [-0.39, 0.29) is 0 Å². The summed E-state index contributed by atoms with van der Waals surface area (Å²) in [6.07, 6.45) is 2.12. The number of nitrogens with one attached hydrogen (secondary N) is 1. The van der Waals surface area contributed by atoms with Crippen LogP contribution in [0.5, 0.6) is 0 Å². The van der Waals surface area contributed by atoms with Gasteiger partial charge in [0.05, 0.1) is 13.2 Å². The lowest BCUT2D eigenvalue weighted by molar-refractivity contribution is 0.122. The van der Waals surface area contributed by atoms with Crippen LogP contribution < -0.4 is 16.0 Å². The molecule has 2 aliphatic rings. The van der Waals surface area contributed by atoms with Gasteiger partial charge in [0.25, 0.3) is 0 Å². The van der Waals surface area contributed by atoms with Crippen LogP contribution >= 0.6 is 0 Å². The molecule has 2 aromatic heterocycles. The van der Waals surface area contributed by atoms with Crippen molar-refractivity contribution in [1.29, 1.82) is 0 Å². The molecule has 0 saturated carbocycles. The van der Waals surface area contributed by atoms with E-state index in [0.717, 1.165) is 67.3 Å². The summed E-state index contributed by atoms with van der Waals surface area (Å²) in [4.78, 5) is 14.3. The van der Waals surface area contributed by atoms with Gasteiger partial charge < -0.3 is 30.1 Å². The van der Waals surface area contributed by atoms with Crippen LogP contribution in [0, 0.1) is 0 Å². The molecule has 1 aromatic carbocycles. The lowest BCUT2D eigenvalue weighted by atomic mass is 9.93. The van der Waals surface area contributed by atoms with Gasteiger partial charge in [-0.05, 0) is 71.3 Å². The molecule has 34 heavy (non-hydrogen) atoms. The monoisotopic (exact) mass is 469 g/mol. The third-order valence-electron chi connectivity index (χ3n) is 5.91. The number of anilines is 2. The molecule has 186 valence electrons. The Morgan fingerprint density at radius 1 is 0.971 bits per heavy atom. The summed E-state index contributed by atoms with van der Waals surface area (Å²) < 4.78 is 11.4. The zero-order valence-corrected chi connectivity index (χ0v) is 21.2. The first-order chi connectivity index (χ1) is 16.6. The van der Waals surface area contributed by atoms with Gasteiger partial charge >= 0.3 is 0 Å². The lowest BCUT2D eigenvalue weighted by Gasteiger charge is -2.28. The Hall–Kier alpha value is -2.75. The number of rotatable bonds is 3. The number of nitrogens with zero attached hydrogens (tertiary/aromatic N) is 5. The Morgan fingerprint density at radius 2 is 1.59 bits per heavy atom. The number of nitrogens with two attached hydrogens (primary N) is 1. The van der Waals surface area contributed by atoms with E-state index in [1.807, 2.05) is 52.2 Å². The normalized spacial score (nSPS) is 17.0. The zero-order valence-electron chi connectivity index (χ0n) is 21.2. The molecule has 0 bridgehead atoms. The minimum atomic E-state index is 0.360. The van der Waals surface area contributed by atoms with E-state index in [2.05, 4.69) is 27.3 Å². The molecule has 3 aromatic rings. The number of fused-ring (bicyclic) bond motifs is 1. The van der Waals surface area contributed by atoms with Crippen LogP contribution in [0.25, 0.3) is 22.5 Å². The molecule has 0 unspecified atom stereocenters. The van der Waals surface area contributed by atoms with Gasteiger partial charge in [-0.2, -0.15) is 0 Å². The highest BCUT2D eigenvalue weighted by Gasteiger charge is 2.28. The van der Waals surface area contributed by atoms with Crippen molar-refractivity contribution in [3.8, 4) is 11.4 Å². The van der Waals surface area contributed by atoms with Crippen LogP contribution in [-0.2, 0) is 4.74 Å². The van der Waals surface area contributed by atoms with Gasteiger partial charge in [-0.25, -0.2) is 9.97 Å². The molecule has 0 atom stereocenters. The second-order valence-electron chi connectivity index (χ2n) is 8.42. The topological polar surface area (TPSA) is 106 Å². The van der Waals surface area contributed by atoms with Crippen LogP contribution in [0.3, 0.4) is 0 Å². The maximum Gasteiger partial charge on any atom is 0.227 e. The maximum absolute atomic E-state index is 5.87. The van der Waals surface area contributed by atoms with Crippen molar-refractivity contribution in [2.45, 2.75) is 32.6 Å². The molecule has 9 nitrogen and oxygen atoms in total. The third-order valence-corrected chi connectivity index (χ3v) is 5.91. The molecule has 4 heterocycles. The predicted octanol–water partition coefficient (Wildman–Crippen LogP) is 3.37. The van der Waals surface area contributed by atoms with Crippen molar-refractivity contribution in [3.05, 3.63) is 30.0 Å². The molecule has 2 aliphatic heterocycles. The summed E-state index contributed by atoms with van der Waals surface area (Å²) in [5.74, 6) is 1.84. The minimum absolute atomic E-state index is 0.360. The Kier molecular flexibility index (Phi) is 9.62. The molecule has 0 radical (unpaired) electrons. The standard InChI is InChI=1S/C21H26N6O2.C2H7N.C2H6/c1-26-8-6-14(7-9-26)17-18-19(29-25-17)21(27-10-12-28-13-11-27)24-20(23-18)15-2-4-16(22)5-3-15;1-3-2;1-2/h2-5,14H,6-13,22H2,1H3;3H,1-2H3;1-2H3. The summed E-state index contributed by atoms with van der Waals surface area (Å²) in [5.41, 5.74) is 10.0. The van der Waals surface area contributed by atoms with E-state index in [9.17, 15) is 0 Å². The molecule has 3 N–H and O–H groups in total. The van der Waals surface area contributed by atoms with Gasteiger partial charge in [0, 0.05) is 30.3 Å². The highest BCUT2D eigenvalue weighted by molar-refractivity contribution is 5.88. The predicted molar refractivity (Wildman–Crippen MR) is 138 cm³/mol. The Morgan fingerprint density at radius 3 is 2.21 bits per heavy atom. The number of ether oxygens (including phenoxy) is 1. The van der Waals surface area contributed by atoms with Crippen molar-refractivity contribution in [2.24, 2.45) is 0 Å². The van der Waals surface area contributed by atoms with E-state index in [0.29, 0.717) is 30.5 Å². The van der Waals surface area contributed by atoms with Crippen molar-refractivity contribution in [1.82, 2.24) is 25.3 Å². The first-order valence-electron chi connectivity index (χ1n) is 12.2. The number of hydrogen-bond acceptors (Lipinski definition) is 9. The summed E-state index contributed by atoms with van der Waals surface area (Å²) >= 11 is 0. The molecule has 0 aliphatic carbocycles. The number of likely N-dealkylation sites (tertiary alicyclic amines) is 1. The molecule has 0 amide bonds. The molecule has 9 heteroatoms. The molecular formula is C25H39N7O2. The Labute approximate surface area is 202 Å². The molecule has 2 saturated heterocycles. The van der Waals surface area contributed by atoms with Gasteiger partial charge in [-0.1, -0.05) is 19.0 Å². The smallest absolute Gasteiger partial charge is 0.227 e. The summed E-state index contributed by atoms with van der Waals surface area (Å²) in [5, 5.41) is 7.22. The third kappa shape index (κ3) is 6.02. The maximum atomic E-state index is 5.87. The Bertz CT molecular complexity index is 1010. The second kappa shape index (κ2) is 12.6. The Balaban J connectivity index is 0.000000603. The average molecular weight is 470 g/mol. The number of benzene rings is 1. The van der Waals surface area contributed by atoms with Crippen molar-refractivity contribution >= 4 is 22.6 Å². The van der Waals surface area contributed by atoms with Crippen LogP contribution in [0.2, 0.25) is 0 Å². The number of hydrogen-bond donors (Lipinski definition) is 2. The van der Waals surface area contributed by atoms with Crippen molar-refractivity contribution < 1.29 is 9.26 Å². The first-order valence-corrected chi connectivity index (χ1v) is 12.2. The molecule has 0 spiro atoms. The fourth-order valence-corrected chi connectivity index (χ4v) is 4.14. The van der Waals surface area contributed by atoms with Gasteiger partial charge in [-0.15, -0.1) is 0 Å². The van der Waals surface area contributed by atoms with E-state index >= 15 is 0 Å². The lowest BCUT2D eigenvalue weighted by Crippen LogP contribution is -2.37. The molecule has 5 rings (SSSR count). The fraction of sp³-hybridized carbons (Fsp3) is 0.560. The van der Waals surface area contributed by atoms with Crippen LogP contribution in [0.15, 0.2) is 28.8 Å². The quantitative estimate of drug-likeness (QED) is 0.558. The molecular weight excluding hydrogens is 430 g/mol. The fourth-order valence-electron chi connectivity index (χ4n) is 4.14. The van der Waals surface area contributed by atoms with E-state index in [1.165, 1.54) is 0 Å². The largest absolute Gasteiger partial charge is 0.399 e. The van der Waals surface area contributed by atoms with E-state index < -0.39 is 0 Å². The SMILES string of the molecule is CC.CN1CCC(c2noc3c(N4CCOCC4)nc(-c4ccc(N)cc4)nc23)CC1.CNC. The number of nitrogen functional groups attached to an aromatic ring is 1. The van der Waals surface area contributed by atoms with E-state index in [1.54, 1.807) is 0 Å². The van der Waals surface area contributed by atoms with Crippen molar-refractivity contribution in [2.75, 3.05) is 71.2 Å². The summed E-state index contributed by atoms with van der Waals surface area (Å²) in [6, 6.07) is 7.68. The second-order valence-corrected chi connectivity index (χ2v) is 8.42. The number of piperidine rings is 1. The first kappa shape index (κ1) is 25.9. The van der Waals surface area contributed by atoms with Crippen molar-refractivity contribution in [3.63, 3.8) is 0 Å². The number of morpholine rings is 1. The summed E-state index contributed by atoms with van der Waals surface area (Å²) in [6.45, 7) is 9.03. The van der Waals surface area contributed by atoms with Gasteiger partial charge in [0.2, 0.25) is 5.58 Å². The minimum Gasteiger partial charge on any atom is -0.399 e. The van der Waals surface area contributed by atoms with E-state index in [4.69, 9.17) is 25.0 Å². The zero-order chi connectivity index (χ0) is 24.5. The van der Waals surface area contributed by atoms with Crippen LogP contribution in [0.4, 0.5) is 11.5 Å². The van der Waals surface area contributed by atoms with Crippen LogP contribution in [0.1, 0.15) is 38.3 Å². The highest BCUT2D eigenvalue weighted by Crippen LogP contribution is 2.36. The number of aromatic nitrogens is 3. The molecule has 2 fully saturated rings. The van der Waals surface area contributed by atoms with Gasteiger partial charge in [0.15, 0.2) is 11.6 Å².